The van der Waals surface area contributed by atoms with Gasteiger partial charge in [0.2, 0.25) is 15.9 Å². The van der Waals surface area contributed by atoms with Crippen LogP contribution < -0.4 is 9.62 Å². The third kappa shape index (κ3) is 7.84. The zero-order chi connectivity index (χ0) is 19.0. The van der Waals surface area contributed by atoms with Crippen LogP contribution in [0.1, 0.15) is 39.5 Å². The second kappa shape index (κ2) is 10.2. The molecule has 0 bridgehead atoms. The lowest BCUT2D eigenvalue weighted by atomic mass is 9.99. The third-order valence-electron chi connectivity index (χ3n) is 3.95. The Morgan fingerprint density at radius 3 is 2.28 bits per heavy atom. The molecule has 0 spiro atoms. The first-order chi connectivity index (χ1) is 11.7. The first-order valence-electron chi connectivity index (χ1n) is 8.37. The Bertz CT molecular complexity index is 660. The molecule has 0 radical (unpaired) electrons. The minimum atomic E-state index is -3.65. The van der Waals surface area contributed by atoms with Crippen LogP contribution in [0.15, 0.2) is 18.2 Å². The number of hydrogen-bond acceptors (Lipinski definition) is 3. The van der Waals surface area contributed by atoms with E-state index in [0.717, 1.165) is 36.2 Å². The van der Waals surface area contributed by atoms with Crippen molar-refractivity contribution in [1.82, 2.24) is 5.32 Å². The Morgan fingerprint density at radius 1 is 1.20 bits per heavy atom. The summed E-state index contributed by atoms with van der Waals surface area (Å²) >= 11 is 11.9. The highest BCUT2D eigenvalue weighted by atomic mass is 35.5. The summed E-state index contributed by atoms with van der Waals surface area (Å²) in [5.74, 6) is 0.0488. The molecule has 1 aromatic carbocycles. The van der Waals surface area contributed by atoms with Crippen molar-refractivity contribution in [3.05, 3.63) is 28.2 Å². The molecule has 0 unspecified atom stereocenters. The Labute approximate surface area is 160 Å². The van der Waals surface area contributed by atoms with Gasteiger partial charge in [-0.2, -0.15) is 0 Å². The number of nitrogens with one attached hydrogen (secondary N) is 1. The summed E-state index contributed by atoms with van der Waals surface area (Å²) in [6.07, 6.45) is 5.30. The maximum atomic E-state index is 12.3. The normalized spacial score (nSPS) is 12.7. The molecule has 142 valence electrons. The van der Waals surface area contributed by atoms with Gasteiger partial charge in [-0.1, -0.05) is 56.3 Å². The fourth-order valence-corrected chi connectivity index (χ4v) is 3.83. The summed E-state index contributed by atoms with van der Waals surface area (Å²) in [7, 11) is -3.65. The van der Waals surface area contributed by atoms with Crippen LogP contribution in [-0.2, 0) is 14.8 Å². The van der Waals surface area contributed by atoms with E-state index in [-0.39, 0.29) is 18.1 Å². The summed E-state index contributed by atoms with van der Waals surface area (Å²) in [6, 6.07) is 4.45. The van der Waals surface area contributed by atoms with Crippen LogP contribution in [0.25, 0.3) is 0 Å². The Hall–Kier alpha value is -0.980. The quantitative estimate of drug-likeness (QED) is 0.633. The molecule has 0 heterocycles. The number of benzene rings is 1. The maximum Gasteiger partial charge on any atom is 0.240 e. The first-order valence-corrected chi connectivity index (χ1v) is 11.0. The van der Waals surface area contributed by atoms with E-state index < -0.39 is 10.0 Å². The van der Waals surface area contributed by atoms with E-state index in [9.17, 15) is 13.2 Å². The average Bonchev–Trinajstić information content (AvgIpc) is 2.50. The van der Waals surface area contributed by atoms with Crippen LogP contribution in [0.4, 0.5) is 5.69 Å². The number of sulfonamides is 1. The fourth-order valence-electron chi connectivity index (χ4n) is 2.47. The summed E-state index contributed by atoms with van der Waals surface area (Å²) in [6.45, 7) is 4.46. The van der Waals surface area contributed by atoms with E-state index in [1.54, 1.807) is 0 Å². The van der Waals surface area contributed by atoms with Crippen molar-refractivity contribution in [3.8, 4) is 0 Å². The van der Waals surface area contributed by atoms with Crippen molar-refractivity contribution in [1.29, 1.82) is 0 Å². The van der Waals surface area contributed by atoms with E-state index >= 15 is 0 Å². The molecule has 5 nitrogen and oxygen atoms in total. The lowest BCUT2D eigenvalue weighted by Gasteiger charge is -2.23. The van der Waals surface area contributed by atoms with Crippen LogP contribution in [-0.4, -0.2) is 33.7 Å². The first kappa shape index (κ1) is 22.1. The van der Waals surface area contributed by atoms with Gasteiger partial charge in [-0.25, -0.2) is 8.42 Å². The Morgan fingerprint density at radius 2 is 1.80 bits per heavy atom. The highest BCUT2D eigenvalue weighted by molar-refractivity contribution is 7.92. The fraction of sp³-hybridized carbons (Fsp3) is 0.588. The number of nitrogens with zero attached hydrogens (tertiary/aromatic N) is 1. The van der Waals surface area contributed by atoms with Crippen LogP contribution in [0.3, 0.4) is 0 Å². The van der Waals surface area contributed by atoms with E-state index in [2.05, 4.69) is 19.2 Å². The number of rotatable bonds is 10. The molecule has 0 aliphatic carbocycles. The lowest BCUT2D eigenvalue weighted by molar-refractivity contribution is -0.119. The van der Waals surface area contributed by atoms with E-state index in [0.29, 0.717) is 22.5 Å². The smallest absolute Gasteiger partial charge is 0.240 e. The summed E-state index contributed by atoms with van der Waals surface area (Å²) in [5.41, 5.74) is 0.271. The van der Waals surface area contributed by atoms with Gasteiger partial charge in [0.05, 0.1) is 11.9 Å². The van der Waals surface area contributed by atoms with Gasteiger partial charge in [0.1, 0.15) is 6.54 Å². The standard InChI is InChI=1S/C17H26Cl2N2O3S/c1-4-6-7-13(5-2)11-20-17(22)12-21(25(3,23)24)16-9-14(18)8-15(19)10-16/h8-10,13H,4-7,11-12H2,1-3H3,(H,20,22)/t13-/m0/s1. The molecule has 0 fully saturated rings. The van der Waals surface area contributed by atoms with Crippen molar-refractivity contribution in [3.63, 3.8) is 0 Å². The van der Waals surface area contributed by atoms with Crippen molar-refractivity contribution in [2.75, 3.05) is 23.7 Å². The predicted molar refractivity (Wildman–Crippen MR) is 105 cm³/mol. The van der Waals surface area contributed by atoms with Gasteiger partial charge in [0.25, 0.3) is 0 Å². The molecule has 0 aromatic heterocycles. The molecule has 1 atom stereocenters. The summed E-state index contributed by atoms with van der Waals surface area (Å²) < 4.78 is 25.2. The van der Waals surface area contributed by atoms with Gasteiger partial charge >= 0.3 is 0 Å². The van der Waals surface area contributed by atoms with E-state index in [4.69, 9.17) is 23.2 Å². The number of halogens is 2. The number of anilines is 1. The second-order valence-corrected chi connectivity index (χ2v) is 8.90. The summed E-state index contributed by atoms with van der Waals surface area (Å²) in [5, 5.41) is 3.45. The molecule has 0 aliphatic rings. The van der Waals surface area contributed by atoms with Crippen LogP contribution in [0.2, 0.25) is 10.0 Å². The number of unbranched alkanes of at least 4 members (excludes halogenated alkanes) is 1. The number of carbonyl (C=O) groups is 1. The predicted octanol–water partition coefficient (Wildman–Crippen LogP) is 4.09. The third-order valence-corrected chi connectivity index (χ3v) is 5.53. The van der Waals surface area contributed by atoms with Gasteiger partial charge < -0.3 is 5.32 Å². The molecule has 0 saturated carbocycles. The molecule has 1 rings (SSSR count). The number of amides is 1. The largest absolute Gasteiger partial charge is 0.354 e. The molecule has 25 heavy (non-hydrogen) atoms. The van der Waals surface area contributed by atoms with Crippen molar-refractivity contribution < 1.29 is 13.2 Å². The monoisotopic (exact) mass is 408 g/mol. The maximum absolute atomic E-state index is 12.3. The molecule has 8 heteroatoms. The van der Waals surface area contributed by atoms with Crippen molar-refractivity contribution in [2.24, 2.45) is 5.92 Å². The van der Waals surface area contributed by atoms with Crippen LogP contribution in [0.5, 0.6) is 0 Å². The SMILES string of the molecule is CCCC[C@H](CC)CNC(=O)CN(c1cc(Cl)cc(Cl)c1)S(C)(=O)=O. The van der Waals surface area contributed by atoms with E-state index in [1.807, 2.05) is 0 Å². The lowest BCUT2D eigenvalue weighted by Crippen LogP contribution is -2.41. The molecule has 0 aliphatic heterocycles. The number of hydrogen-bond donors (Lipinski definition) is 1. The van der Waals surface area contributed by atoms with Gasteiger partial charge in [-0.05, 0) is 30.5 Å². The van der Waals surface area contributed by atoms with Crippen LogP contribution >= 0.6 is 23.2 Å². The van der Waals surface area contributed by atoms with Gasteiger partial charge in [-0.15, -0.1) is 0 Å². The Balaban J connectivity index is 2.81. The number of carbonyl (C=O) groups excluding carboxylic acids is 1. The highest BCUT2D eigenvalue weighted by Crippen LogP contribution is 2.26. The minimum absolute atomic E-state index is 0.271. The second-order valence-electron chi connectivity index (χ2n) is 6.12. The van der Waals surface area contributed by atoms with Crippen molar-refractivity contribution >= 4 is 44.8 Å². The van der Waals surface area contributed by atoms with Crippen LogP contribution in [0, 0.1) is 5.92 Å². The van der Waals surface area contributed by atoms with Gasteiger partial charge in [0.15, 0.2) is 0 Å². The Kier molecular flexibility index (Phi) is 9.03. The zero-order valence-corrected chi connectivity index (χ0v) is 17.2. The molecule has 1 amide bonds. The van der Waals surface area contributed by atoms with Crippen molar-refractivity contribution in [2.45, 2.75) is 39.5 Å². The molecule has 0 saturated heterocycles. The highest BCUT2D eigenvalue weighted by Gasteiger charge is 2.22. The molecule has 1 N–H and O–H groups in total. The molecular formula is C17H26Cl2N2O3S. The molecule has 1 aromatic rings. The van der Waals surface area contributed by atoms with Gasteiger partial charge in [0, 0.05) is 16.6 Å². The molecular weight excluding hydrogens is 383 g/mol. The van der Waals surface area contributed by atoms with E-state index in [1.165, 1.54) is 18.2 Å². The zero-order valence-electron chi connectivity index (χ0n) is 14.9. The topological polar surface area (TPSA) is 66.5 Å². The minimum Gasteiger partial charge on any atom is -0.354 e. The van der Waals surface area contributed by atoms with Gasteiger partial charge in [-0.3, -0.25) is 9.10 Å². The summed E-state index contributed by atoms with van der Waals surface area (Å²) in [4.78, 5) is 12.3. The average molecular weight is 409 g/mol.